The molecule has 0 saturated carbocycles. The molecule has 0 fully saturated rings. The summed E-state index contributed by atoms with van der Waals surface area (Å²) in [6, 6.07) is 5.07. The molecule has 1 rings (SSSR count). The number of hydrogen-bond acceptors (Lipinski definition) is 8. The van der Waals surface area contributed by atoms with Gasteiger partial charge >= 0.3 is 5.97 Å². The van der Waals surface area contributed by atoms with Gasteiger partial charge in [0.2, 0.25) is 5.71 Å². The minimum atomic E-state index is -4.26. The van der Waals surface area contributed by atoms with Gasteiger partial charge < -0.3 is 9.94 Å². The van der Waals surface area contributed by atoms with Crippen LogP contribution in [0.4, 0.5) is 5.69 Å². The molecule has 0 aliphatic carbocycles. The third-order valence-corrected chi connectivity index (χ3v) is 3.28. The zero-order valence-electron chi connectivity index (χ0n) is 11.8. The summed E-state index contributed by atoms with van der Waals surface area (Å²) in [5.74, 6) is -0.824. The summed E-state index contributed by atoms with van der Waals surface area (Å²) < 4.78 is 35.3. The molecule has 0 saturated heterocycles. The van der Waals surface area contributed by atoms with Crippen molar-refractivity contribution in [1.82, 2.24) is 0 Å². The van der Waals surface area contributed by atoms with Gasteiger partial charge in [-0.2, -0.15) is 13.5 Å². The highest BCUT2D eigenvalue weighted by molar-refractivity contribution is 7.85. The summed E-state index contributed by atoms with van der Waals surface area (Å²) in [4.78, 5) is 11.2. The van der Waals surface area contributed by atoms with Gasteiger partial charge in [-0.1, -0.05) is 5.16 Å². The van der Waals surface area contributed by atoms with E-state index in [0.717, 1.165) is 0 Å². The van der Waals surface area contributed by atoms with E-state index < -0.39 is 16.1 Å². The molecule has 9 nitrogen and oxygen atoms in total. The van der Waals surface area contributed by atoms with Crippen LogP contribution in [0.15, 0.2) is 39.4 Å². The van der Waals surface area contributed by atoms with E-state index in [1.54, 1.807) is 6.92 Å². The zero-order valence-corrected chi connectivity index (χ0v) is 12.7. The lowest BCUT2D eigenvalue weighted by Crippen LogP contribution is -2.25. The van der Waals surface area contributed by atoms with E-state index in [9.17, 15) is 13.2 Å². The van der Waals surface area contributed by atoms with Gasteiger partial charge in [0.1, 0.15) is 0 Å². The van der Waals surface area contributed by atoms with Crippen molar-refractivity contribution in [3.63, 3.8) is 0 Å². The van der Waals surface area contributed by atoms with Gasteiger partial charge in [0, 0.05) is 0 Å². The van der Waals surface area contributed by atoms with Gasteiger partial charge in [0.15, 0.2) is 0 Å². The van der Waals surface area contributed by atoms with E-state index >= 15 is 0 Å². The lowest BCUT2D eigenvalue weighted by atomic mass is 10.2. The molecule has 0 unspecified atom stereocenters. The molecular formula is C12H15N3O6S. The second kappa shape index (κ2) is 7.52. The number of benzene rings is 1. The van der Waals surface area contributed by atoms with E-state index in [4.69, 9.17) is 9.76 Å². The number of hydrogen-bond donors (Lipinski definition) is 3. The van der Waals surface area contributed by atoms with E-state index in [1.807, 2.05) is 0 Å². The van der Waals surface area contributed by atoms with Crippen LogP contribution in [-0.4, -0.2) is 42.2 Å². The van der Waals surface area contributed by atoms with Crippen LogP contribution in [0.25, 0.3) is 0 Å². The quantitative estimate of drug-likeness (QED) is 0.234. The van der Waals surface area contributed by atoms with Crippen molar-refractivity contribution in [2.75, 3.05) is 12.0 Å². The standard InChI is InChI=1S/C12H15N3O6S/c1-3-21-12(16)11(15-17)8(2)13-14-9-4-6-10(7-5-9)22(18,19)20/h4-7,14,17H,3H2,1-2H3,(H,18,19,20)/b13-8+,15-11-. The van der Waals surface area contributed by atoms with E-state index in [-0.39, 0.29) is 22.9 Å². The monoisotopic (exact) mass is 329 g/mol. The molecule has 3 N–H and O–H groups in total. The number of nitrogens with one attached hydrogen (secondary N) is 1. The molecule has 0 aliphatic heterocycles. The third-order valence-electron chi connectivity index (χ3n) is 2.42. The summed E-state index contributed by atoms with van der Waals surface area (Å²) in [6.07, 6.45) is 0. The molecule has 10 heteroatoms. The fourth-order valence-corrected chi connectivity index (χ4v) is 1.84. The third kappa shape index (κ3) is 4.82. The molecule has 0 bridgehead atoms. The first-order chi connectivity index (χ1) is 10.3. The SMILES string of the molecule is CCOC(=O)C(=N\O)/C(C)=N/Nc1ccc(S(=O)(=O)O)cc1. The predicted octanol–water partition coefficient (Wildman–Crippen LogP) is 1.11. The summed E-state index contributed by atoms with van der Waals surface area (Å²) >= 11 is 0. The molecule has 22 heavy (non-hydrogen) atoms. The number of oxime groups is 1. The lowest BCUT2D eigenvalue weighted by molar-refractivity contribution is -0.134. The van der Waals surface area contributed by atoms with Crippen molar-refractivity contribution in [2.24, 2.45) is 10.3 Å². The Morgan fingerprint density at radius 2 is 1.91 bits per heavy atom. The Balaban J connectivity index is 2.85. The Morgan fingerprint density at radius 3 is 2.36 bits per heavy atom. The number of ether oxygens (including phenoxy) is 1. The van der Waals surface area contributed by atoms with Crippen LogP contribution in [0.2, 0.25) is 0 Å². The number of carbonyl (C=O) groups is 1. The molecule has 1 aromatic rings. The van der Waals surface area contributed by atoms with Crippen molar-refractivity contribution < 1.29 is 27.7 Å². The fraction of sp³-hybridized carbons (Fsp3) is 0.250. The number of carbonyl (C=O) groups excluding carboxylic acids is 1. The van der Waals surface area contributed by atoms with Crippen molar-refractivity contribution in [3.8, 4) is 0 Å². The van der Waals surface area contributed by atoms with Crippen LogP contribution in [0.3, 0.4) is 0 Å². The molecule has 1 aromatic carbocycles. The van der Waals surface area contributed by atoms with Gasteiger partial charge in [0.25, 0.3) is 10.1 Å². The van der Waals surface area contributed by atoms with Crippen LogP contribution >= 0.6 is 0 Å². The molecule has 0 heterocycles. The normalized spacial score (nSPS) is 12.9. The average Bonchev–Trinajstić information content (AvgIpc) is 2.45. The number of hydrazone groups is 1. The lowest BCUT2D eigenvalue weighted by Gasteiger charge is -2.05. The maximum absolute atomic E-state index is 11.5. The highest BCUT2D eigenvalue weighted by Crippen LogP contribution is 2.13. The summed E-state index contributed by atoms with van der Waals surface area (Å²) in [6.45, 7) is 3.15. The molecule has 0 amide bonds. The van der Waals surface area contributed by atoms with Gasteiger partial charge in [-0.25, -0.2) is 4.79 Å². The summed E-state index contributed by atoms with van der Waals surface area (Å²) in [7, 11) is -4.26. The highest BCUT2D eigenvalue weighted by Gasteiger charge is 2.17. The van der Waals surface area contributed by atoms with Gasteiger partial charge in [-0.15, -0.1) is 0 Å². The van der Waals surface area contributed by atoms with Crippen LogP contribution < -0.4 is 5.43 Å². The Kier molecular flexibility index (Phi) is 6.01. The topological polar surface area (TPSA) is 138 Å². The molecular weight excluding hydrogens is 314 g/mol. The Morgan fingerprint density at radius 1 is 1.32 bits per heavy atom. The maximum Gasteiger partial charge on any atom is 0.362 e. The van der Waals surface area contributed by atoms with Crippen molar-refractivity contribution in [1.29, 1.82) is 0 Å². The minimum Gasteiger partial charge on any atom is -0.461 e. The van der Waals surface area contributed by atoms with Crippen LogP contribution in [0, 0.1) is 0 Å². The van der Waals surface area contributed by atoms with E-state index in [1.165, 1.54) is 31.2 Å². The smallest absolute Gasteiger partial charge is 0.362 e. The minimum absolute atomic E-state index is 0.0693. The number of esters is 1. The van der Waals surface area contributed by atoms with Crippen LogP contribution in [0.5, 0.6) is 0 Å². The van der Waals surface area contributed by atoms with E-state index in [2.05, 4.69) is 20.4 Å². The number of anilines is 1. The second-order valence-electron chi connectivity index (χ2n) is 3.98. The number of nitrogens with zero attached hydrogens (tertiary/aromatic N) is 2. The molecule has 120 valence electrons. The first kappa shape index (κ1) is 17.6. The Bertz CT molecular complexity index is 694. The zero-order chi connectivity index (χ0) is 16.8. The molecule has 0 aromatic heterocycles. The first-order valence-corrected chi connectivity index (χ1v) is 7.51. The summed E-state index contributed by atoms with van der Waals surface area (Å²) in [5, 5.41) is 15.4. The average molecular weight is 329 g/mol. The fourth-order valence-electron chi connectivity index (χ4n) is 1.36. The van der Waals surface area contributed by atoms with Gasteiger partial charge in [0.05, 0.1) is 22.9 Å². The van der Waals surface area contributed by atoms with E-state index in [0.29, 0.717) is 5.69 Å². The van der Waals surface area contributed by atoms with Crippen LogP contribution in [-0.2, 0) is 19.6 Å². The molecule has 0 atom stereocenters. The van der Waals surface area contributed by atoms with Gasteiger partial charge in [-0.05, 0) is 38.1 Å². The maximum atomic E-state index is 11.5. The second-order valence-corrected chi connectivity index (χ2v) is 5.40. The number of rotatable bonds is 6. The Hall–Kier alpha value is -2.46. The van der Waals surface area contributed by atoms with Crippen molar-refractivity contribution in [2.45, 2.75) is 18.7 Å². The molecule has 0 radical (unpaired) electrons. The molecule has 0 aliphatic rings. The van der Waals surface area contributed by atoms with Crippen molar-refractivity contribution in [3.05, 3.63) is 24.3 Å². The van der Waals surface area contributed by atoms with Crippen molar-refractivity contribution >= 4 is 33.2 Å². The van der Waals surface area contributed by atoms with Crippen LogP contribution in [0.1, 0.15) is 13.8 Å². The summed E-state index contributed by atoms with van der Waals surface area (Å²) in [5.41, 5.74) is 2.65. The highest BCUT2D eigenvalue weighted by atomic mass is 32.2. The first-order valence-electron chi connectivity index (χ1n) is 6.07. The Labute approximate surface area is 127 Å². The van der Waals surface area contributed by atoms with Gasteiger partial charge in [-0.3, -0.25) is 9.98 Å². The molecule has 0 spiro atoms. The largest absolute Gasteiger partial charge is 0.461 e. The predicted molar refractivity (Wildman–Crippen MR) is 78.8 cm³/mol.